The second kappa shape index (κ2) is 5.71. The molecule has 1 saturated heterocycles. The maximum absolute atomic E-state index is 12.3. The Morgan fingerprint density at radius 3 is 2.72 bits per heavy atom. The second-order valence-electron chi connectivity index (χ2n) is 4.17. The lowest BCUT2D eigenvalue weighted by Crippen LogP contribution is -2.42. The highest BCUT2D eigenvalue weighted by molar-refractivity contribution is 9.12. The smallest absolute Gasteiger partial charge is 0.308 e. The number of amides is 1. The van der Waals surface area contributed by atoms with Gasteiger partial charge in [0, 0.05) is 13.1 Å². The Balaban J connectivity index is 2.14. The van der Waals surface area contributed by atoms with Crippen LogP contribution in [-0.4, -0.2) is 35.0 Å². The van der Waals surface area contributed by atoms with E-state index in [4.69, 9.17) is 5.11 Å². The molecule has 18 heavy (non-hydrogen) atoms. The van der Waals surface area contributed by atoms with Crippen LogP contribution in [-0.2, 0) is 4.79 Å². The van der Waals surface area contributed by atoms with Gasteiger partial charge in [-0.05, 0) is 50.8 Å². The third-order valence-electron chi connectivity index (χ3n) is 2.94. The van der Waals surface area contributed by atoms with Crippen LogP contribution in [0.25, 0.3) is 0 Å². The molecule has 0 radical (unpaired) electrons. The van der Waals surface area contributed by atoms with E-state index in [1.165, 1.54) is 11.3 Å². The number of rotatable bonds is 2. The minimum atomic E-state index is -0.821. The number of likely N-dealkylation sites (tertiary alicyclic amines) is 1. The topological polar surface area (TPSA) is 57.6 Å². The molecule has 7 heteroatoms. The molecule has 0 bridgehead atoms. The van der Waals surface area contributed by atoms with Gasteiger partial charge in [-0.15, -0.1) is 11.3 Å². The molecule has 0 aromatic carbocycles. The lowest BCUT2D eigenvalue weighted by molar-refractivity contribution is -0.143. The monoisotopic (exact) mass is 395 g/mol. The van der Waals surface area contributed by atoms with Gasteiger partial charge < -0.3 is 10.0 Å². The van der Waals surface area contributed by atoms with Gasteiger partial charge >= 0.3 is 5.97 Å². The zero-order valence-electron chi connectivity index (χ0n) is 9.36. The Labute approximate surface area is 125 Å². The average molecular weight is 397 g/mol. The van der Waals surface area contributed by atoms with Crippen molar-refractivity contribution in [3.8, 4) is 0 Å². The minimum absolute atomic E-state index is 0.102. The molecule has 1 fully saturated rings. The normalized spacial score (nSPS) is 19.9. The van der Waals surface area contributed by atoms with E-state index in [1.807, 2.05) is 0 Å². The number of piperidine rings is 1. The molecule has 1 aromatic rings. The van der Waals surface area contributed by atoms with Crippen LogP contribution in [0.5, 0.6) is 0 Å². The van der Waals surface area contributed by atoms with E-state index in [1.54, 1.807) is 11.0 Å². The summed E-state index contributed by atoms with van der Waals surface area (Å²) in [5, 5.41) is 9.01. The Bertz CT molecular complexity index is 489. The van der Waals surface area contributed by atoms with E-state index in [0.717, 1.165) is 14.0 Å². The summed E-state index contributed by atoms with van der Waals surface area (Å²) >= 11 is 8.13. The first-order valence-corrected chi connectivity index (χ1v) is 7.86. The van der Waals surface area contributed by atoms with E-state index in [0.29, 0.717) is 25.1 Å². The van der Waals surface area contributed by atoms with Crippen molar-refractivity contribution in [3.05, 3.63) is 19.2 Å². The van der Waals surface area contributed by atoms with Crippen molar-refractivity contribution < 1.29 is 14.7 Å². The zero-order chi connectivity index (χ0) is 13.3. The Morgan fingerprint density at radius 1 is 1.44 bits per heavy atom. The largest absolute Gasteiger partial charge is 0.481 e. The molecule has 0 saturated carbocycles. The Morgan fingerprint density at radius 2 is 2.17 bits per heavy atom. The molecule has 0 aliphatic carbocycles. The highest BCUT2D eigenvalue weighted by Gasteiger charge is 2.29. The van der Waals surface area contributed by atoms with Crippen molar-refractivity contribution in [2.45, 2.75) is 12.8 Å². The lowest BCUT2D eigenvalue weighted by Gasteiger charge is -2.30. The molecule has 1 N–H and O–H groups in total. The predicted octanol–water partition coefficient (Wildman–Crippen LogP) is 3.21. The molecule has 1 aliphatic rings. The van der Waals surface area contributed by atoms with Gasteiger partial charge in [0.1, 0.15) is 0 Å². The molecule has 1 aromatic heterocycles. The molecular weight excluding hydrogens is 386 g/mol. The summed E-state index contributed by atoms with van der Waals surface area (Å²) in [6.07, 6.45) is 1.39. The van der Waals surface area contributed by atoms with Crippen LogP contribution in [0.15, 0.2) is 13.6 Å². The molecule has 1 amide bonds. The number of carbonyl (C=O) groups is 2. The van der Waals surface area contributed by atoms with Crippen LogP contribution in [0.3, 0.4) is 0 Å². The lowest BCUT2D eigenvalue weighted by atomic mass is 9.98. The van der Waals surface area contributed by atoms with Crippen molar-refractivity contribution >= 4 is 55.1 Å². The molecule has 2 heterocycles. The minimum Gasteiger partial charge on any atom is -0.481 e. The fourth-order valence-corrected chi connectivity index (χ4v) is 4.80. The van der Waals surface area contributed by atoms with Gasteiger partial charge in [-0.3, -0.25) is 9.59 Å². The number of hydrogen-bond acceptors (Lipinski definition) is 3. The first-order chi connectivity index (χ1) is 8.49. The summed E-state index contributed by atoms with van der Waals surface area (Å²) < 4.78 is 1.65. The number of halogens is 2. The number of carboxylic acids is 1. The summed E-state index contributed by atoms with van der Waals surface area (Å²) in [4.78, 5) is 24.9. The van der Waals surface area contributed by atoms with Crippen molar-refractivity contribution in [3.63, 3.8) is 0 Å². The van der Waals surface area contributed by atoms with Crippen LogP contribution < -0.4 is 0 Å². The highest BCUT2D eigenvalue weighted by atomic mass is 79.9. The van der Waals surface area contributed by atoms with Crippen molar-refractivity contribution in [2.75, 3.05) is 13.1 Å². The summed E-state index contributed by atoms with van der Waals surface area (Å²) in [5.41, 5.74) is 0.595. The molecular formula is C11H11Br2NO3S. The molecule has 4 nitrogen and oxygen atoms in total. The van der Waals surface area contributed by atoms with E-state index in [-0.39, 0.29) is 5.91 Å². The molecule has 1 aliphatic heterocycles. The number of carbonyl (C=O) groups excluding carboxylic acids is 1. The van der Waals surface area contributed by atoms with Crippen LogP contribution in [0, 0.1) is 5.92 Å². The van der Waals surface area contributed by atoms with Gasteiger partial charge in [-0.1, -0.05) is 0 Å². The second-order valence-corrected chi connectivity index (χ2v) is 7.92. The highest BCUT2D eigenvalue weighted by Crippen LogP contribution is 2.33. The van der Waals surface area contributed by atoms with Crippen LogP contribution >= 0.6 is 43.2 Å². The molecule has 2 rings (SSSR count). The molecule has 98 valence electrons. The van der Waals surface area contributed by atoms with Gasteiger partial charge in [0.25, 0.3) is 5.91 Å². The Hall–Kier alpha value is -0.400. The maximum Gasteiger partial charge on any atom is 0.308 e. The third kappa shape index (κ3) is 2.95. The fourth-order valence-electron chi connectivity index (χ4n) is 2.02. The van der Waals surface area contributed by atoms with Gasteiger partial charge in [-0.25, -0.2) is 0 Å². The predicted molar refractivity (Wildman–Crippen MR) is 76.0 cm³/mol. The fraction of sp³-hybridized carbons (Fsp3) is 0.455. The summed E-state index contributed by atoms with van der Waals surface area (Å²) in [6, 6.07) is 1.77. The first kappa shape index (κ1) is 14.0. The van der Waals surface area contributed by atoms with Crippen LogP contribution in [0.4, 0.5) is 0 Å². The summed E-state index contributed by atoms with van der Waals surface area (Å²) in [5.74, 6) is -1.36. The molecule has 1 atom stereocenters. The first-order valence-electron chi connectivity index (χ1n) is 5.46. The van der Waals surface area contributed by atoms with E-state index in [2.05, 4.69) is 31.9 Å². The van der Waals surface area contributed by atoms with Crippen LogP contribution in [0.2, 0.25) is 0 Å². The molecule has 0 spiro atoms. The van der Waals surface area contributed by atoms with Gasteiger partial charge in [0.2, 0.25) is 0 Å². The quantitative estimate of drug-likeness (QED) is 0.834. The molecule has 1 unspecified atom stereocenters. The van der Waals surface area contributed by atoms with E-state index < -0.39 is 11.9 Å². The SMILES string of the molecule is O=C(O)C1CCCN(C(=O)c2cc(Br)sc2Br)C1. The number of hydrogen-bond donors (Lipinski definition) is 1. The third-order valence-corrected chi connectivity index (χ3v) is 5.28. The maximum atomic E-state index is 12.3. The van der Waals surface area contributed by atoms with Crippen molar-refractivity contribution in [1.29, 1.82) is 0 Å². The number of nitrogens with zero attached hydrogens (tertiary/aromatic N) is 1. The van der Waals surface area contributed by atoms with Crippen molar-refractivity contribution in [1.82, 2.24) is 4.90 Å². The Kier molecular flexibility index (Phi) is 4.45. The number of thiophene rings is 1. The summed E-state index contributed by atoms with van der Waals surface area (Å²) in [7, 11) is 0. The van der Waals surface area contributed by atoms with E-state index in [9.17, 15) is 9.59 Å². The standard InChI is InChI=1S/C11H11Br2NO3S/c12-8-4-7(9(13)18-8)10(15)14-3-1-2-6(5-14)11(16)17/h4,6H,1-3,5H2,(H,16,17). The zero-order valence-corrected chi connectivity index (χ0v) is 13.3. The summed E-state index contributed by atoms with van der Waals surface area (Å²) in [6.45, 7) is 0.927. The van der Waals surface area contributed by atoms with Gasteiger partial charge in [-0.2, -0.15) is 0 Å². The number of aliphatic carboxylic acids is 1. The average Bonchev–Trinajstić information content (AvgIpc) is 2.67. The van der Waals surface area contributed by atoms with Gasteiger partial charge in [0.15, 0.2) is 0 Å². The van der Waals surface area contributed by atoms with Crippen LogP contribution in [0.1, 0.15) is 23.2 Å². The van der Waals surface area contributed by atoms with Gasteiger partial charge in [0.05, 0.1) is 19.1 Å². The van der Waals surface area contributed by atoms with E-state index >= 15 is 0 Å². The number of carboxylic acid groups (broad SMARTS) is 1. The van der Waals surface area contributed by atoms with Crippen molar-refractivity contribution in [2.24, 2.45) is 5.92 Å².